The number of rotatable bonds is 9. The van der Waals surface area contributed by atoms with Crippen molar-refractivity contribution in [2.75, 3.05) is 19.8 Å². The standard InChI is InChI=1S/C14H24N2O2/c1-3-9-17-11-13(16-15)12-7-5-6-8-14(12)18-10-4-2/h5-8,13,16H,3-4,9-11,15H2,1-2H3. The number of ether oxygens (including phenoxy) is 2. The summed E-state index contributed by atoms with van der Waals surface area (Å²) in [6.45, 7) is 6.19. The molecular formula is C14H24N2O2. The predicted octanol–water partition coefficient (Wildman–Crippen LogP) is 2.41. The molecule has 0 aliphatic rings. The summed E-state index contributed by atoms with van der Waals surface area (Å²) in [5, 5.41) is 0. The summed E-state index contributed by atoms with van der Waals surface area (Å²) >= 11 is 0. The monoisotopic (exact) mass is 252 g/mol. The van der Waals surface area contributed by atoms with Gasteiger partial charge in [0.1, 0.15) is 5.75 Å². The quantitative estimate of drug-likeness (QED) is 0.402. The van der Waals surface area contributed by atoms with Crippen molar-refractivity contribution >= 4 is 0 Å². The molecule has 0 amide bonds. The minimum Gasteiger partial charge on any atom is -0.493 e. The molecule has 0 saturated heterocycles. The van der Waals surface area contributed by atoms with E-state index in [9.17, 15) is 0 Å². The number of hydrazine groups is 1. The molecule has 0 aliphatic heterocycles. The summed E-state index contributed by atoms with van der Waals surface area (Å²) < 4.78 is 11.3. The highest BCUT2D eigenvalue weighted by atomic mass is 16.5. The normalized spacial score (nSPS) is 12.4. The lowest BCUT2D eigenvalue weighted by molar-refractivity contribution is 0.111. The number of benzene rings is 1. The van der Waals surface area contributed by atoms with E-state index in [4.69, 9.17) is 15.3 Å². The topological polar surface area (TPSA) is 56.5 Å². The Kier molecular flexibility index (Phi) is 7.41. The Morgan fingerprint density at radius 1 is 1.17 bits per heavy atom. The predicted molar refractivity (Wildman–Crippen MR) is 73.4 cm³/mol. The molecule has 102 valence electrons. The van der Waals surface area contributed by atoms with E-state index in [0.29, 0.717) is 13.2 Å². The second-order valence-corrected chi connectivity index (χ2v) is 4.18. The summed E-state index contributed by atoms with van der Waals surface area (Å²) in [5.74, 6) is 6.48. The van der Waals surface area contributed by atoms with Crippen LogP contribution >= 0.6 is 0 Å². The maximum absolute atomic E-state index is 5.72. The van der Waals surface area contributed by atoms with Crippen LogP contribution in [-0.2, 0) is 4.74 Å². The lowest BCUT2D eigenvalue weighted by Gasteiger charge is -2.19. The van der Waals surface area contributed by atoms with Crippen LogP contribution < -0.4 is 16.0 Å². The van der Waals surface area contributed by atoms with Gasteiger partial charge in [-0.2, -0.15) is 0 Å². The molecule has 4 nitrogen and oxygen atoms in total. The summed E-state index contributed by atoms with van der Waals surface area (Å²) in [4.78, 5) is 0. The Balaban J connectivity index is 2.70. The zero-order chi connectivity index (χ0) is 13.2. The average Bonchev–Trinajstić information content (AvgIpc) is 2.42. The third kappa shape index (κ3) is 4.64. The molecule has 3 N–H and O–H groups in total. The highest BCUT2D eigenvalue weighted by Gasteiger charge is 2.14. The minimum atomic E-state index is -0.0374. The fourth-order valence-electron chi connectivity index (χ4n) is 1.69. The molecule has 0 aliphatic carbocycles. The fourth-order valence-corrected chi connectivity index (χ4v) is 1.69. The molecule has 0 saturated carbocycles. The Hall–Kier alpha value is -1.10. The molecule has 1 atom stereocenters. The van der Waals surface area contributed by atoms with Crippen LogP contribution in [-0.4, -0.2) is 19.8 Å². The summed E-state index contributed by atoms with van der Waals surface area (Å²) in [6.07, 6.45) is 1.99. The second kappa shape index (κ2) is 8.91. The second-order valence-electron chi connectivity index (χ2n) is 4.18. The van der Waals surface area contributed by atoms with Crippen LogP contribution in [0.4, 0.5) is 0 Å². The molecular weight excluding hydrogens is 228 g/mol. The van der Waals surface area contributed by atoms with Crippen molar-refractivity contribution < 1.29 is 9.47 Å². The SMILES string of the molecule is CCCOCC(NN)c1ccccc1OCCC. The fraction of sp³-hybridized carbons (Fsp3) is 0.571. The number of para-hydroxylation sites is 1. The van der Waals surface area contributed by atoms with Crippen LogP contribution in [0.1, 0.15) is 38.3 Å². The Morgan fingerprint density at radius 3 is 2.56 bits per heavy atom. The van der Waals surface area contributed by atoms with Gasteiger partial charge in [-0.05, 0) is 18.9 Å². The van der Waals surface area contributed by atoms with E-state index >= 15 is 0 Å². The van der Waals surface area contributed by atoms with Gasteiger partial charge in [-0.25, -0.2) is 0 Å². The first-order valence-corrected chi connectivity index (χ1v) is 6.59. The van der Waals surface area contributed by atoms with Crippen LogP contribution in [0.15, 0.2) is 24.3 Å². The number of hydrogen-bond donors (Lipinski definition) is 2. The first-order chi connectivity index (χ1) is 8.83. The molecule has 0 heterocycles. The zero-order valence-electron chi connectivity index (χ0n) is 11.3. The Morgan fingerprint density at radius 2 is 1.89 bits per heavy atom. The summed E-state index contributed by atoms with van der Waals surface area (Å²) in [6, 6.07) is 7.90. The van der Waals surface area contributed by atoms with Crippen LogP contribution in [0.3, 0.4) is 0 Å². The van der Waals surface area contributed by atoms with Gasteiger partial charge in [-0.15, -0.1) is 0 Å². The van der Waals surface area contributed by atoms with Crippen LogP contribution in [0.2, 0.25) is 0 Å². The molecule has 1 unspecified atom stereocenters. The molecule has 0 fully saturated rings. The molecule has 0 spiro atoms. The van der Waals surface area contributed by atoms with Crippen LogP contribution in [0.25, 0.3) is 0 Å². The first kappa shape index (κ1) is 15.0. The van der Waals surface area contributed by atoms with Crippen molar-refractivity contribution in [2.45, 2.75) is 32.7 Å². The Bertz CT molecular complexity index is 331. The average molecular weight is 252 g/mol. The third-order valence-electron chi connectivity index (χ3n) is 2.59. The molecule has 0 bridgehead atoms. The van der Waals surface area contributed by atoms with Gasteiger partial charge in [0.2, 0.25) is 0 Å². The lowest BCUT2D eigenvalue weighted by Crippen LogP contribution is -2.31. The molecule has 1 aromatic rings. The van der Waals surface area contributed by atoms with E-state index in [2.05, 4.69) is 19.3 Å². The molecule has 0 radical (unpaired) electrons. The van der Waals surface area contributed by atoms with Gasteiger partial charge in [0.15, 0.2) is 0 Å². The third-order valence-corrected chi connectivity index (χ3v) is 2.59. The Labute approximate surface area is 109 Å². The van der Waals surface area contributed by atoms with Gasteiger partial charge < -0.3 is 9.47 Å². The van der Waals surface area contributed by atoms with Crippen LogP contribution in [0.5, 0.6) is 5.75 Å². The van der Waals surface area contributed by atoms with Gasteiger partial charge in [0.05, 0.1) is 19.3 Å². The summed E-state index contributed by atoms with van der Waals surface area (Å²) in [7, 11) is 0. The maximum Gasteiger partial charge on any atom is 0.124 e. The van der Waals surface area contributed by atoms with E-state index in [-0.39, 0.29) is 6.04 Å². The van der Waals surface area contributed by atoms with Gasteiger partial charge in [-0.1, -0.05) is 32.0 Å². The van der Waals surface area contributed by atoms with Gasteiger partial charge in [-0.3, -0.25) is 11.3 Å². The van der Waals surface area contributed by atoms with Crippen molar-refractivity contribution in [3.05, 3.63) is 29.8 Å². The number of nitrogens with one attached hydrogen (secondary N) is 1. The zero-order valence-corrected chi connectivity index (χ0v) is 11.3. The van der Waals surface area contributed by atoms with Crippen LogP contribution in [0, 0.1) is 0 Å². The molecule has 18 heavy (non-hydrogen) atoms. The lowest BCUT2D eigenvalue weighted by atomic mass is 10.1. The van der Waals surface area contributed by atoms with E-state index in [1.54, 1.807) is 0 Å². The largest absolute Gasteiger partial charge is 0.493 e. The number of nitrogens with two attached hydrogens (primary N) is 1. The minimum absolute atomic E-state index is 0.0374. The summed E-state index contributed by atoms with van der Waals surface area (Å²) in [5.41, 5.74) is 3.83. The molecule has 4 heteroatoms. The van der Waals surface area contributed by atoms with Crippen molar-refractivity contribution in [1.29, 1.82) is 0 Å². The van der Waals surface area contributed by atoms with Gasteiger partial charge in [0, 0.05) is 12.2 Å². The molecule has 1 aromatic carbocycles. The van der Waals surface area contributed by atoms with Crippen molar-refractivity contribution in [1.82, 2.24) is 5.43 Å². The van der Waals surface area contributed by atoms with Crippen molar-refractivity contribution in [3.63, 3.8) is 0 Å². The van der Waals surface area contributed by atoms with E-state index in [0.717, 1.165) is 30.8 Å². The van der Waals surface area contributed by atoms with Crippen molar-refractivity contribution in [2.24, 2.45) is 5.84 Å². The first-order valence-electron chi connectivity index (χ1n) is 6.59. The smallest absolute Gasteiger partial charge is 0.124 e. The highest BCUT2D eigenvalue weighted by Crippen LogP contribution is 2.25. The van der Waals surface area contributed by atoms with Crippen molar-refractivity contribution in [3.8, 4) is 5.75 Å². The number of hydrogen-bond acceptors (Lipinski definition) is 4. The maximum atomic E-state index is 5.72. The highest BCUT2D eigenvalue weighted by molar-refractivity contribution is 5.36. The van der Waals surface area contributed by atoms with E-state index in [1.807, 2.05) is 24.3 Å². The van der Waals surface area contributed by atoms with E-state index < -0.39 is 0 Å². The molecule has 1 rings (SSSR count). The van der Waals surface area contributed by atoms with Gasteiger partial charge >= 0.3 is 0 Å². The molecule has 0 aromatic heterocycles. The van der Waals surface area contributed by atoms with Gasteiger partial charge in [0.25, 0.3) is 0 Å². The van der Waals surface area contributed by atoms with E-state index in [1.165, 1.54) is 0 Å².